The summed E-state index contributed by atoms with van der Waals surface area (Å²) in [7, 11) is -2.62. The van der Waals surface area contributed by atoms with Crippen LogP contribution in [-0.4, -0.2) is 31.9 Å². The molecule has 2 aromatic rings. The summed E-state index contributed by atoms with van der Waals surface area (Å²) in [6, 6.07) is 20.7. The highest BCUT2D eigenvalue weighted by Crippen LogP contribution is 2.36. The molecule has 0 saturated carbocycles. The highest BCUT2D eigenvalue weighted by Gasteiger charge is 2.50. The van der Waals surface area contributed by atoms with Gasteiger partial charge in [-0.15, -0.1) is 12.3 Å². The number of hydrogen-bond acceptors (Lipinski definition) is 3. The zero-order valence-electron chi connectivity index (χ0n) is 17.0. The van der Waals surface area contributed by atoms with Gasteiger partial charge in [-0.1, -0.05) is 81.4 Å². The maximum absolute atomic E-state index is 12.2. The van der Waals surface area contributed by atoms with Crippen LogP contribution in [0, 0.1) is 12.3 Å². The molecule has 148 valence electrons. The molecule has 2 rings (SSSR count). The molecule has 1 N–H and O–H groups in total. The average Bonchev–Trinajstić information content (AvgIpc) is 2.66. The smallest absolute Gasteiger partial charge is 0.261 e. The Kier molecular flexibility index (Phi) is 7.76. The van der Waals surface area contributed by atoms with E-state index in [-0.39, 0.29) is 30.1 Å². The van der Waals surface area contributed by atoms with Crippen molar-refractivity contribution in [1.82, 2.24) is 0 Å². The molecule has 0 aromatic heterocycles. The van der Waals surface area contributed by atoms with Crippen LogP contribution in [-0.2, 0) is 9.22 Å². The van der Waals surface area contributed by atoms with E-state index in [4.69, 9.17) is 10.8 Å². The van der Waals surface area contributed by atoms with Gasteiger partial charge in [-0.2, -0.15) is 0 Å². The lowest BCUT2D eigenvalue weighted by atomic mass is 10.1. The van der Waals surface area contributed by atoms with Gasteiger partial charge in [0.25, 0.3) is 8.32 Å². The molecule has 0 bridgehead atoms. The molecule has 0 amide bonds. The van der Waals surface area contributed by atoms with Crippen LogP contribution in [0.4, 0.5) is 0 Å². The number of benzene rings is 2. The first-order valence-corrected chi connectivity index (χ1v) is 11.6. The highest BCUT2D eigenvalue weighted by atomic mass is 28.4. The average molecular weight is 395 g/mol. The summed E-state index contributed by atoms with van der Waals surface area (Å²) in [6.45, 7) is 6.95. The first-order valence-electron chi connectivity index (χ1n) is 9.69. The molecular weight excluding hydrogens is 364 g/mol. The molecule has 0 saturated heterocycles. The second-order valence-corrected chi connectivity index (χ2v) is 12.4. The zero-order valence-corrected chi connectivity index (χ0v) is 18.0. The molecule has 4 heteroatoms. The van der Waals surface area contributed by atoms with E-state index < -0.39 is 14.4 Å². The van der Waals surface area contributed by atoms with Gasteiger partial charge in [0.1, 0.15) is 5.78 Å². The Labute approximate surface area is 169 Å². The third-order valence-corrected chi connectivity index (χ3v) is 9.98. The summed E-state index contributed by atoms with van der Waals surface area (Å²) in [5, 5.41) is 12.0. The molecule has 0 aliphatic carbocycles. The van der Waals surface area contributed by atoms with Crippen LogP contribution in [0.1, 0.15) is 40.0 Å². The second kappa shape index (κ2) is 9.84. The fourth-order valence-corrected chi connectivity index (χ4v) is 8.22. The molecule has 0 aliphatic rings. The predicted molar refractivity (Wildman–Crippen MR) is 117 cm³/mol. The van der Waals surface area contributed by atoms with E-state index in [1.165, 1.54) is 10.4 Å². The van der Waals surface area contributed by atoms with Gasteiger partial charge in [-0.3, -0.25) is 4.79 Å². The van der Waals surface area contributed by atoms with E-state index in [0.717, 1.165) is 0 Å². The lowest BCUT2D eigenvalue weighted by molar-refractivity contribution is -0.121. The van der Waals surface area contributed by atoms with Crippen LogP contribution in [0.25, 0.3) is 0 Å². The van der Waals surface area contributed by atoms with Crippen LogP contribution < -0.4 is 10.4 Å². The van der Waals surface area contributed by atoms with Crippen molar-refractivity contribution in [2.75, 3.05) is 6.61 Å². The Balaban J connectivity index is 2.30. The number of rotatable bonds is 9. The number of carbonyl (C=O) groups is 1. The van der Waals surface area contributed by atoms with Crippen molar-refractivity contribution in [3.63, 3.8) is 0 Å². The van der Waals surface area contributed by atoms with Crippen molar-refractivity contribution >= 4 is 24.5 Å². The number of terminal acetylenes is 1. The summed E-state index contributed by atoms with van der Waals surface area (Å²) < 4.78 is 6.67. The molecule has 0 heterocycles. The topological polar surface area (TPSA) is 46.5 Å². The molecule has 28 heavy (non-hydrogen) atoms. The minimum atomic E-state index is -2.62. The Hall–Kier alpha value is -2.19. The minimum Gasteiger partial charge on any atom is -0.407 e. The fraction of sp³-hybridized carbons (Fsp3) is 0.375. The molecule has 0 fully saturated rings. The van der Waals surface area contributed by atoms with Crippen molar-refractivity contribution in [2.24, 2.45) is 0 Å². The lowest BCUT2D eigenvalue weighted by Gasteiger charge is -2.43. The summed E-state index contributed by atoms with van der Waals surface area (Å²) in [4.78, 5) is 12.2. The van der Waals surface area contributed by atoms with E-state index in [1.807, 2.05) is 36.4 Å². The summed E-state index contributed by atoms with van der Waals surface area (Å²) in [5.41, 5.74) is 0. The van der Waals surface area contributed by atoms with Crippen LogP contribution in [0.2, 0.25) is 5.04 Å². The van der Waals surface area contributed by atoms with Crippen molar-refractivity contribution in [2.45, 2.75) is 51.2 Å². The number of aliphatic hydroxyl groups excluding tert-OH is 1. The normalized spacial score (nSPS) is 13.0. The zero-order chi connectivity index (χ0) is 20.6. The number of ketones is 1. The molecular formula is C24H30O3Si. The van der Waals surface area contributed by atoms with E-state index in [9.17, 15) is 9.90 Å². The highest BCUT2D eigenvalue weighted by molar-refractivity contribution is 6.99. The van der Waals surface area contributed by atoms with Crippen molar-refractivity contribution in [3.05, 3.63) is 60.7 Å². The molecule has 1 atom stereocenters. The van der Waals surface area contributed by atoms with Gasteiger partial charge in [-0.05, 0) is 15.4 Å². The summed E-state index contributed by atoms with van der Waals surface area (Å²) in [6.07, 6.45) is 4.97. The molecule has 2 aromatic carbocycles. The third-order valence-electron chi connectivity index (χ3n) is 4.93. The van der Waals surface area contributed by atoms with Gasteiger partial charge in [0.2, 0.25) is 0 Å². The molecule has 0 spiro atoms. The number of carbonyl (C=O) groups excluding carboxylic acids is 1. The molecule has 0 radical (unpaired) electrons. The van der Waals surface area contributed by atoms with Gasteiger partial charge in [-0.25, -0.2) is 0 Å². The van der Waals surface area contributed by atoms with Crippen LogP contribution in [0.5, 0.6) is 0 Å². The van der Waals surface area contributed by atoms with E-state index >= 15 is 0 Å². The minimum absolute atomic E-state index is 0.0271. The monoisotopic (exact) mass is 394 g/mol. The predicted octanol–water partition coefficient (Wildman–Crippen LogP) is 3.30. The quantitative estimate of drug-likeness (QED) is 0.524. The first kappa shape index (κ1) is 22.1. The van der Waals surface area contributed by atoms with Crippen molar-refractivity contribution in [1.29, 1.82) is 0 Å². The van der Waals surface area contributed by atoms with Crippen molar-refractivity contribution < 1.29 is 14.3 Å². The largest absolute Gasteiger partial charge is 0.407 e. The standard InChI is InChI=1S/C24H30O3Si/c1-5-12-20(25)19-21(26)17-18-27-28(24(2,3)4,22-13-8-6-9-14-22)23-15-10-7-11-16-23/h1,6-11,13-16,20,25H,12,17-19H2,2-4H3/t20-/m1/s1. The summed E-state index contributed by atoms with van der Waals surface area (Å²) in [5.74, 6) is 2.36. The SMILES string of the molecule is C#CC[C@@H](O)CC(=O)CCO[Si](c1ccccc1)(c1ccccc1)C(C)(C)C. The van der Waals surface area contributed by atoms with Crippen LogP contribution in [0.3, 0.4) is 0 Å². The van der Waals surface area contributed by atoms with E-state index in [0.29, 0.717) is 6.61 Å². The number of aliphatic hydroxyl groups is 1. The second-order valence-electron chi connectivity index (χ2n) is 8.07. The van der Waals surface area contributed by atoms with Crippen LogP contribution >= 0.6 is 0 Å². The van der Waals surface area contributed by atoms with Gasteiger partial charge < -0.3 is 9.53 Å². The first-order chi connectivity index (χ1) is 13.3. The molecule has 3 nitrogen and oxygen atoms in total. The van der Waals surface area contributed by atoms with Gasteiger partial charge >= 0.3 is 0 Å². The van der Waals surface area contributed by atoms with Gasteiger partial charge in [0, 0.05) is 25.9 Å². The maximum Gasteiger partial charge on any atom is 0.261 e. The Bertz CT molecular complexity index is 749. The number of Topliss-reactive ketones (excluding diaryl/α,β-unsaturated/α-hetero) is 1. The van der Waals surface area contributed by atoms with E-state index in [1.54, 1.807) is 0 Å². The lowest BCUT2D eigenvalue weighted by Crippen LogP contribution is -2.66. The maximum atomic E-state index is 12.2. The molecule has 0 aliphatic heterocycles. The molecule has 0 unspecified atom stereocenters. The Morgan fingerprint density at radius 1 is 1.07 bits per heavy atom. The summed E-state index contributed by atoms with van der Waals surface area (Å²) >= 11 is 0. The van der Waals surface area contributed by atoms with Gasteiger partial charge in [0.15, 0.2) is 0 Å². The van der Waals surface area contributed by atoms with E-state index in [2.05, 4.69) is 51.0 Å². The third kappa shape index (κ3) is 5.20. The Morgan fingerprint density at radius 2 is 1.57 bits per heavy atom. The van der Waals surface area contributed by atoms with Gasteiger partial charge in [0.05, 0.1) is 6.10 Å². The Morgan fingerprint density at radius 3 is 2.00 bits per heavy atom. The van der Waals surface area contributed by atoms with Crippen LogP contribution in [0.15, 0.2) is 60.7 Å². The fourth-order valence-electron chi connectivity index (χ4n) is 3.65. The number of hydrogen-bond donors (Lipinski definition) is 1. The van der Waals surface area contributed by atoms with Crippen molar-refractivity contribution in [3.8, 4) is 12.3 Å².